The molecule has 2 N–H and O–H groups in total. The van der Waals surface area contributed by atoms with Gasteiger partial charge in [-0.25, -0.2) is 0 Å². The number of amides is 1. The van der Waals surface area contributed by atoms with Gasteiger partial charge in [-0.1, -0.05) is 17.7 Å². The lowest BCUT2D eigenvalue weighted by Crippen LogP contribution is -2.13. The number of carbonyl (C=O) groups is 1. The van der Waals surface area contributed by atoms with Gasteiger partial charge in [0.1, 0.15) is 5.75 Å². The summed E-state index contributed by atoms with van der Waals surface area (Å²) in [5.74, 6) is 0.332. The SMILES string of the molecule is COc1ccc(CO)c(NC(=O)c2ccc(Cl)cc2)c1. The van der Waals surface area contributed by atoms with Gasteiger partial charge in [0.2, 0.25) is 0 Å². The van der Waals surface area contributed by atoms with E-state index in [1.807, 2.05) is 0 Å². The van der Waals surface area contributed by atoms with Crippen LogP contribution in [0.3, 0.4) is 0 Å². The van der Waals surface area contributed by atoms with Crippen molar-refractivity contribution in [1.29, 1.82) is 0 Å². The third-order valence-corrected chi connectivity index (χ3v) is 3.09. The van der Waals surface area contributed by atoms with Crippen molar-refractivity contribution in [3.63, 3.8) is 0 Å². The maximum Gasteiger partial charge on any atom is 0.255 e. The van der Waals surface area contributed by atoms with E-state index in [-0.39, 0.29) is 12.5 Å². The number of methoxy groups -OCH3 is 1. The number of aliphatic hydroxyl groups excluding tert-OH is 1. The van der Waals surface area contributed by atoms with Crippen molar-refractivity contribution in [3.8, 4) is 5.75 Å². The minimum Gasteiger partial charge on any atom is -0.497 e. The highest BCUT2D eigenvalue weighted by Gasteiger charge is 2.10. The highest BCUT2D eigenvalue weighted by molar-refractivity contribution is 6.30. The Morgan fingerprint density at radius 2 is 1.95 bits per heavy atom. The molecule has 0 saturated heterocycles. The number of aliphatic hydroxyl groups is 1. The first-order valence-corrected chi connectivity index (χ1v) is 6.36. The van der Waals surface area contributed by atoms with Gasteiger partial charge in [-0.3, -0.25) is 4.79 Å². The molecule has 0 aliphatic rings. The minimum atomic E-state index is -0.274. The smallest absolute Gasteiger partial charge is 0.255 e. The average molecular weight is 292 g/mol. The number of rotatable bonds is 4. The Morgan fingerprint density at radius 1 is 1.25 bits per heavy atom. The number of halogens is 1. The van der Waals surface area contributed by atoms with Crippen molar-refractivity contribution in [2.45, 2.75) is 6.61 Å². The molecule has 0 atom stereocenters. The number of benzene rings is 2. The number of hydrogen-bond acceptors (Lipinski definition) is 3. The lowest BCUT2D eigenvalue weighted by Gasteiger charge is -2.11. The van der Waals surface area contributed by atoms with Gasteiger partial charge in [0.15, 0.2) is 0 Å². The summed E-state index contributed by atoms with van der Waals surface area (Å²) < 4.78 is 5.11. The Kier molecular flexibility index (Phi) is 4.61. The molecule has 0 aliphatic carbocycles. The van der Waals surface area contributed by atoms with Crippen molar-refractivity contribution in [3.05, 3.63) is 58.6 Å². The zero-order valence-electron chi connectivity index (χ0n) is 10.9. The van der Waals surface area contributed by atoms with E-state index in [0.717, 1.165) is 0 Å². The molecule has 0 aliphatic heterocycles. The Morgan fingerprint density at radius 3 is 2.55 bits per heavy atom. The first-order chi connectivity index (χ1) is 9.63. The lowest BCUT2D eigenvalue weighted by molar-refractivity contribution is 0.102. The van der Waals surface area contributed by atoms with Crippen LogP contribution in [0.2, 0.25) is 5.02 Å². The maximum absolute atomic E-state index is 12.1. The zero-order chi connectivity index (χ0) is 14.5. The summed E-state index contributed by atoms with van der Waals surface area (Å²) in [4.78, 5) is 12.1. The van der Waals surface area contributed by atoms with Gasteiger partial charge in [0.25, 0.3) is 5.91 Å². The van der Waals surface area contributed by atoms with E-state index in [9.17, 15) is 9.90 Å². The molecule has 0 aromatic heterocycles. The Bertz CT molecular complexity index is 611. The summed E-state index contributed by atoms with van der Waals surface area (Å²) in [7, 11) is 1.54. The highest BCUT2D eigenvalue weighted by Crippen LogP contribution is 2.23. The normalized spacial score (nSPS) is 10.2. The standard InChI is InChI=1S/C15H14ClNO3/c1-20-13-7-4-11(9-18)14(8-13)17-15(19)10-2-5-12(16)6-3-10/h2-8,18H,9H2,1H3,(H,17,19). The van der Waals surface area contributed by atoms with Gasteiger partial charge in [0, 0.05) is 22.2 Å². The fraction of sp³-hybridized carbons (Fsp3) is 0.133. The van der Waals surface area contributed by atoms with Crippen molar-refractivity contribution in [1.82, 2.24) is 0 Å². The Labute approximate surface area is 122 Å². The van der Waals surface area contributed by atoms with Crippen LogP contribution in [0.4, 0.5) is 5.69 Å². The molecule has 2 rings (SSSR count). The van der Waals surface area contributed by atoms with E-state index >= 15 is 0 Å². The third-order valence-electron chi connectivity index (χ3n) is 2.84. The van der Waals surface area contributed by atoms with Crippen LogP contribution in [-0.2, 0) is 6.61 Å². The summed E-state index contributed by atoms with van der Waals surface area (Å²) in [5.41, 5.74) is 1.63. The molecule has 5 heteroatoms. The molecule has 0 heterocycles. The molecule has 2 aromatic rings. The van der Waals surface area contributed by atoms with Crippen LogP contribution in [0.25, 0.3) is 0 Å². The first kappa shape index (κ1) is 14.4. The summed E-state index contributed by atoms with van der Waals surface area (Å²) in [5, 5.41) is 12.6. The fourth-order valence-corrected chi connectivity index (χ4v) is 1.86. The van der Waals surface area contributed by atoms with Crippen molar-refractivity contribution in [2.24, 2.45) is 0 Å². The van der Waals surface area contributed by atoms with E-state index < -0.39 is 0 Å². The topological polar surface area (TPSA) is 58.6 Å². The molecule has 0 saturated carbocycles. The van der Waals surface area contributed by atoms with Crippen LogP contribution in [0.1, 0.15) is 15.9 Å². The van der Waals surface area contributed by atoms with Crippen molar-refractivity contribution in [2.75, 3.05) is 12.4 Å². The van der Waals surface area contributed by atoms with Gasteiger partial charge in [-0.05, 0) is 30.3 Å². The summed E-state index contributed by atoms with van der Waals surface area (Å²) in [6.45, 7) is -0.166. The first-order valence-electron chi connectivity index (χ1n) is 5.98. The van der Waals surface area contributed by atoms with Crippen LogP contribution in [0.15, 0.2) is 42.5 Å². The number of nitrogens with one attached hydrogen (secondary N) is 1. The second kappa shape index (κ2) is 6.41. The number of ether oxygens (including phenoxy) is 1. The Hall–Kier alpha value is -2.04. The molecule has 0 unspecified atom stereocenters. The monoisotopic (exact) mass is 291 g/mol. The molecule has 1 amide bonds. The van der Waals surface area contributed by atoms with Gasteiger partial charge < -0.3 is 15.2 Å². The van der Waals surface area contributed by atoms with E-state index in [1.165, 1.54) is 0 Å². The lowest BCUT2D eigenvalue weighted by atomic mass is 10.1. The quantitative estimate of drug-likeness (QED) is 0.910. The molecular weight excluding hydrogens is 278 g/mol. The molecule has 0 spiro atoms. The fourth-order valence-electron chi connectivity index (χ4n) is 1.73. The van der Waals surface area contributed by atoms with Gasteiger partial charge in [-0.2, -0.15) is 0 Å². The minimum absolute atomic E-state index is 0.166. The van der Waals surface area contributed by atoms with Gasteiger partial charge >= 0.3 is 0 Å². The van der Waals surface area contributed by atoms with Crippen LogP contribution < -0.4 is 10.1 Å². The summed E-state index contributed by atoms with van der Waals surface area (Å²) in [6.07, 6.45) is 0. The zero-order valence-corrected chi connectivity index (χ0v) is 11.6. The van der Waals surface area contributed by atoms with Crippen LogP contribution in [0.5, 0.6) is 5.75 Å². The molecule has 0 bridgehead atoms. The second-order valence-corrected chi connectivity index (χ2v) is 4.58. The second-order valence-electron chi connectivity index (χ2n) is 4.14. The van der Waals surface area contributed by atoms with E-state index in [1.54, 1.807) is 49.6 Å². The van der Waals surface area contributed by atoms with Crippen molar-refractivity contribution < 1.29 is 14.6 Å². The summed E-state index contributed by atoms with van der Waals surface area (Å²) >= 11 is 5.78. The van der Waals surface area contributed by atoms with Gasteiger partial charge in [0.05, 0.1) is 19.4 Å². The molecule has 0 radical (unpaired) electrons. The predicted octanol–water partition coefficient (Wildman–Crippen LogP) is 3.09. The van der Waals surface area contributed by atoms with E-state index in [0.29, 0.717) is 27.6 Å². The highest BCUT2D eigenvalue weighted by atomic mass is 35.5. The number of hydrogen-bond donors (Lipinski definition) is 2. The van der Waals surface area contributed by atoms with E-state index in [4.69, 9.17) is 16.3 Å². The molecule has 104 valence electrons. The maximum atomic E-state index is 12.1. The third kappa shape index (κ3) is 3.29. The van der Waals surface area contributed by atoms with Crippen molar-refractivity contribution >= 4 is 23.2 Å². The molecular formula is C15H14ClNO3. The Balaban J connectivity index is 2.24. The predicted molar refractivity (Wildman–Crippen MR) is 78.3 cm³/mol. The van der Waals surface area contributed by atoms with Gasteiger partial charge in [-0.15, -0.1) is 0 Å². The molecule has 20 heavy (non-hydrogen) atoms. The molecule has 4 nitrogen and oxygen atoms in total. The molecule has 0 fully saturated rings. The largest absolute Gasteiger partial charge is 0.497 e. The van der Waals surface area contributed by atoms with Crippen LogP contribution in [0, 0.1) is 0 Å². The average Bonchev–Trinajstić information content (AvgIpc) is 2.47. The number of anilines is 1. The van der Waals surface area contributed by atoms with E-state index in [2.05, 4.69) is 5.32 Å². The molecule has 2 aromatic carbocycles. The van der Waals surface area contributed by atoms with Crippen LogP contribution in [-0.4, -0.2) is 18.1 Å². The number of carbonyl (C=O) groups excluding carboxylic acids is 1. The summed E-state index contributed by atoms with van der Waals surface area (Å²) in [6, 6.07) is 11.7. The van der Waals surface area contributed by atoms with Crippen LogP contribution >= 0.6 is 11.6 Å².